The summed E-state index contributed by atoms with van der Waals surface area (Å²) >= 11 is 0. The molecule has 13 rings (SSSR count). The van der Waals surface area contributed by atoms with Gasteiger partial charge in [-0.1, -0.05) is 81.3 Å². The Hall–Kier alpha value is -2.08. The molecule has 0 nitrogen and oxygen atoms in total. The second-order valence-electron chi connectivity index (χ2n) is 20.5. The highest BCUT2D eigenvalue weighted by molar-refractivity contribution is 5.81. The van der Waals surface area contributed by atoms with E-state index >= 15 is 0 Å². The van der Waals surface area contributed by atoms with E-state index in [4.69, 9.17) is 0 Å². The van der Waals surface area contributed by atoms with Crippen molar-refractivity contribution in [2.24, 2.45) is 46.3 Å². The monoisotopic (exact) mass is 608 g/mol. The molecular weight excluding hydrogens is 553 g/mol. The Morgan fingerprint density at radius 2 is 1.04 bits per heavy atom. The zero-order valence-electron chi connectivity index (χ0n) is 29.2. The van der Waals surface area contributed by atoms with Gasteiger partial charge in [0, 0.05) is 11.3 Å². The van der Waals surface area contributed by atoms with Crippen LogP contribution in [0.3, 0.4) is 0 Å². The molecule has 2 aromatic carbocycles. The highest BCUT2D eigenvalue weighted by atomic mass is 14.6. The molecule has 8 fully saturated rings. The third-order valence-corrected chi connectivity index (χ3v) is 16.6. The van der Waals surface area contributed by atoms with Crippen LogP contribution < -0.4 is 0 Å². The summed E-state index contributed by atoms with van der Waals surface area (Å²) < 4.78 is 0. The molecule has 0 N–H and O–H groups in total. The average Bonchev–Trinajstić information content (AvgIpc) is 3.67. The molecule has 0 heterocycles. The summed E-state index contributed by atoms with van der Waals surface area (Å²) in [5, 5.41) is 0. The maximum Gasteiger partial charge on any atom is 0.0196 e. The van der Waals surface area contributed by atoms with Gasteiger partial charge in [0.15, 0.2) is 0 Å². The fourth-order valence-electron chi connectivity index (χ4n) is 15.3. The van der Waals surface area contributed by atoms with Crippen LogP contribution in [-0.2, 0) is 10.8 Å². The molecule has 8 bridgehead atoms. The predicted octanol–water partition coefficient (Wildman–Crippen LogP) is 12.2. The van der Waals surface area contributed by atoms with E-state index in [1.807, 2.05) is 0 Å². The van der Waals surface area contributed by atoms with Crippen molar-refractivity contribution in [3.05, 3.63) is 81.4 Å². The number of benzene rings is 2. The number of fused-ring (bicyclic) bond motifs is 3. The van der Waals surface area contributed by atoms with Crippen LogP contribution >= 0.6 is 0 Å². The van der Waals surface area contributed by atoms with Crippen LogP contribution in [-0.4, -0.2) is 0 Å². The highest BCUT2D eigenvalue weighted by Gasteiger charge is 2.55. The Kier molecular flexibility index (Phi) is 5.40. The zero-order valence-corrected chi connectivity index (χ0v) is 29.2. The lowest BCUT2D eigenvalue weighted by molar-refractivity contribution is -0.00534. The molecule has 0 radical (unpaired) electrons. The minimum atomic E-state index is 0.187. The van der Waals surface area contributed by atoms with Crippen molar-refractivity contribution in [2.75, 3.05) is 0 Å². The summed E-state index contributed by atoms with van der Waals surface area (Å²) in [6.07, 6.45) is 24.5. The van der Waals surface area contributed by atoms with Crippen LogP contribution in [0.5, 0.6) is 0 Å². The first-order valence-corrected chi connectivity index (χ1v) is 19.8. The number of hydrogen-bond donors (Lipinski definition) is 0. The van der Waals surface area contributed by atoms with Gasteiger partial charge in [-0.15, -0.1) is 0 Å². The first-order valence-electron chi connectivity index (χ1n) is 19.8. The second kappa shape index (κ2) is 8.93. The van der Waals surface area contributed by atoms with Gasteiger partial charge in [0.2, 0.25) is 0 Å². The van der Waals surface area contributed by atoms with Gasteiger partial charge in [0.05, 0.1) is 0 Å². The van der Waals surface area contributed by atoms with Crippen molar-refractivity contribution in [1.82, 2.24) is 0 Å². The number of hydrogen-bond acceptors (Lipinski definition) is 0. The van der Waals surface area contributed by atoms with Crippen LogP contribution in [0.1, 0.15) is 152 Å². The molecule has 0 amide bonds. The topological polar surface area (TPSA) is 0 Å². The maximum absolute atomic E-state index is 2.81. The van der Waals surface area contributed by atoms with Crippen LogP contribution in [0.15, 0.2) is 59.2 Å². The minimum absolute atomic E-state index is 0.187. The molecule has 11 aliphatic rings. The molecule has 1 unspecified atom stereocenters. The van der Waals surface area contributed by atoms with Gasteiger partial charge in [0.1, 0.15) is 0 Å². The summed E-state index contributed by atoms with van der Waals surface area (Å²) in [4.78, 5) is 0. The Bertz CT molecular complexity index is 1570. The van der Waals surface area contributed by atoms with E-state index in [-0.39, 0.29) is 10.8 Å². The van der Waals surface area contributed by atoms with Crippen molar-refractivity contribution in [1.29, 1.82) is 0 Å². The zero-order chi connectivity index (χ0) is 30.8. The summed E-state index contributed by atoms with van der Waals surface area (Å²) in [5.74, 6) is 6.46. The molecule has 0 heteroatoms. The Balaban J connectivity index is 1.06. The van der Waals surface area contributed by atoms with E-state index in [0.717, 1.165) is 35.5 Å². The molecule has 8 saturated carbocycles. The molecular formula is C46H56. The van der Waals surface area contributed by atoms with Gasteiger partial charge >= 0.3 is 0 Å². The third kappa shape index (κ3) is 3.69. The summed E-state index contributed by atoms with van der Waals surface area (Å²) in [6, 6.07) is 16.3. The molecule has 46 heavy (non-hydrogen) atoms. The number of rotatable bonds is 3. The van der Waals surface area contributed by atoms with Crippen LogP contribution in [0.25, 0.3) is 11.1 Å². The molecule has 0 aromatic heterocycles. The quantitative estimate of drug-likeness (QED) is 0.325. The maximum atomic E-state index is 2.81. The van der Waals surface area contributed by atoms with Crippen molar-refractivity contribution >= 4 is 0 Å². The van der Waals surface area contributed by atoms with Gasteiger partial charge < -0.3 is 0 Å². The van der Waals surface area contributed by atoms with Crippen molar-refractivity contribution in [3.8, 4) is 11.1 Å². The lowest BCUT2D eigenvalue weighted by Crippen LogP contribution is -2.48. The van der Waals surface area contributed by atoms with E-state index in [9.17, 15) is 0 Å². The smallest absolute Gasteiger partial charge is 0.0196 e. The van der Waals surface area contributed by atoms with Gasteiger partial charge in [-0.3, -0.25) is 0 Å². The summed E-state index contributed by atoms with van der Waals surface area (Å²) in [5.41, 5.74) is 16.6. The molecule has 2 aromatic rings. The van der Waals surface area contributed by atoms with E-state index in [0.29, 0.717) is 16.7 Å². The molecule has 0 spiro atoms. The summed E-state index contributed by atoms with van der Waals surface area (Å²) in [6.45, 7) is 9.95. The minimum Gasteiger partial charge on any atom is -0.0623 e. The van der Waals surface area contributed by atoms with Crippen LogP contribution in [0, 0.1) is 46.3 Å². The van der Waals surface area contributed by atoms with Gasteiger partial charge in [0.25, 0.3) is 0 Å². The normalized spacial score (nSPS) is 44.2. The molecule has 11 aliphatic carbocycles. The lowest BCUT2D eigenvalue weighted by Gasteiger charge is -2.57. The van der Waals surface area contributed by atoms with E-state index in [1.54, 1.807) is 50.1 Å². The molecule has 0 saturated heterocycles. The largest absolute Gasteiger partial charge is 0.0623 e. The standard InChI is InChI=1S/C46H56/c1-43(2,3)36-17-33-9-10-44(4,41(33)20-36)42-37-7-5-34(45-21-27-11-28(22-45)13-29(12-27)23-45)18-39(37)40-19-35(6-8-38(40)42)46-24-30-14-31(25-46)16-32(15-30)26-46/h5-8,18-20,27-32,42H,9-17,21-26H2,1-4H3. The van der Waals surface area contributed by atoms with E-state index in [2.05, 4.69) is 70.2 Å². The Morgan fingerprint density at radius 3 is 1.46 bits per heavy atom. The van der Waals surface area contributed by atoms with Gasteiger partial charge in [-0.25, -0.2) is 0 Å². The third-order valence-electron chi connectivity index (χ3n) is 16.6. The second-order valence-corrected chi connectivity index (χ2v) is 20.5. The highest BCUT2D eigenvalue weighted by Crippen LogP contribution is 2.67. The first kappa shape index (κ1) is 27.8. The van der Waals surface area contributed by atoms with Crippen LogP contribution in [0.4, 0.5) is 0 Å². The lowest BCUT2D eigenvalue weighted by atomic mass is 9.48. The van der Waals surface area contributed by atoms with Crippen molar-refractivity contribution in [3.63, 3.8) is 0 Å². The summed E-state index contributed by atoms with van der Waals surface area (Å²) in [7, 11) is 0. The van der Waals surface area contributed by atoms with E-state index < -0.39 is 0 Å². The van der Waals surface area contributed by atoms with Gasteiger partial charge in [-0.05, 0) is 187 Å². The molecule has 0 aliphatic heterocycles. The predicted molar refractivity (Wildman–Crippen MR) is 190 cm³/mol. The van der Waals surface area contributed by atoms with Crippen molar-refractivity contribution in [2.45, 2.75) is 141 Å². The molecule has 1 atom stereocenters. The number of allylic oxidation sites excluding steroid dienone is 4. The fraction of sp³-hybridized carbons (Fsp3) is 0.652. The Labute approximate surface area is 278 Å². The fourth-order valence-corrected chi connectivity index (χ4v) is 15.3. The van der Waals surface area contributed by atoms with Gasteiger partial charge in [-0.2, -0.15) is 0 Å². The Morgan fingerprint density at radius 1 is 0.609 bits per heavy atom. The SMILES string of the molecule is CC(C)(C)C1=CC2=C(CCC2(C)C2c3ccc(C45CC6CC(CC(C6)C4)C5)cc3-c3cc(C45CC6CC(CC(C6)C4)C5)ccc32)C1. The molecule has 240 valence electrons. The van der Waals surface area contributed by atoms with Crippen molar-refractivity contribution < 1.29 is 0 Å². The van der Waals surface area contributed by atoms with E-state index in [1.165, 1.54) is 96.3 Å². The average molecular weight is 609 g/mol. The first-order chi connectivity index (χ1) is 22.1. The van der Waals surface area contributed by atoms with Crippen LogP contribution in [0.2, 0.25) is 0 Å².